The van der Waals surface area contributed by atoms with Crippen molar-refractivity contribution in [2.45, 2.75) is 13.8 Å². The molecule has 62 valence electrons. The lowest BCUT2D eigenvalue weighted by Gasteiger charge is -1.87. The van der Waals surface area contributed by atoms with Crippen LogP contribution in [0.15, 0.2) is 6.33 Å². The lowest BCUT2D eigenvalue weighted by molar-refractivity contribution is 0.0997. The van der Waals surface area contributed by atoms with Crippen molar-refractivity contribution in [3.05, 3.63) is 12.0 Å². The Kier molecular flexibility index (Phi) is 3.72. The van der Waals surface area contributed by atoms with Gasteiger partial charge in [0.1, 0.15) is 5.69 Å². The van der Waals surface area contributed by atoms with Crippen molar-refractivity contribution in [1.29, 1.82) is 0 Å². The Morgan fingerprint density at radius 2 is 2.18 bits per heavy atom. The smallest absolute Gasteiger partial charge is 0.269 e. The maximum atomic E-state index is 10.4. The zero-order valence-electron chi connectivity index (χ0n) is 6.59. The lowest BCUT2D eigenvalue weighted by atomic mass is 10.4. The standard InChI is InChI=1S/C4H6N4O.C2H6/c5-3-2(4(6)9)7-1-8-3;1-2/h1H,5H2,(H2,6,9)(H,7,8);1-2H3. The number of aromatic amines is 1. The van der Waals surface area contributed by atoms with E-state index in [9.17, 15) is 4.79 Å². The molecule has 5 nitrogen and oxygen atoms in total. The average Bonchev–Trinajstić information content (AvgIpc) is 2.39. The number of hydrogen-bond donors (Lipinski definition) is 3. The molecule has 0 atom stereocenters. The second kappa shape index (κ2) is 4.32. The number of carbonyl (C=O) groups excluding carboxylic acids is 1. The van der Waals surface area contributed by atoms with Gasteiger partial charge >= 0.3 is 0 Å². The Morgan fingerprint density at radius 1 is 1.64 bits per heavy atom. The van der Waals surface area contributed by atoms with Gasteiger partial charge in [-0.15, -0.1) is 0 Å². The van der Waals surface area contributed by atoms with Crippen LogP contribution in [0.5, 0.6) is 0 Å². The normalized spacial score (nSPS) is 8.18. The fourth-order valence-electron chi connectivity index (χ4n) is 0.502. The molecule has 1 heterocycles. The Bertz CT molecular complexity index is 230. The molecule has 0 saturated heterocycles. The number of hydrogen-bond acceptors (Lipinski definition) is 3. The van der Waals surface area contributed by atoms with Crippen molar-refractivity contribution in [2.24, 2.45) is 5.73 Å². The van der Waals surface area contributed by atoms with Gasteiger partial charge < -0.3 is 16.5 Å². The number of imidazole rings is 1. The van der Waals surface area contributed by atoms with Crippen LogP contribution in [-0.4, -0.2) is 15.9 Å². The molecular weight excluding hydrogens is 144 g/mol. The summed E-state index contributed by atoms with van der Waals surface area (Å²) in [5.74, 6) is -0.451. The molecule has 0 aromatic carbocycles. The van der Waals surface area contributed by atoms with Crippen molar-refractivity contribution < 1.29 is 4.79 Å². The molecule has 0 spiro atoms. The summed E-state index contributed by atoms with van der Waals surface area (Å²) in [5, 5.41) is 0. The van der Waals surface area contributed by atoms with Gasteiger partial charge in [-0.2, -0.15) is 0 Å². The molecule has 0 aliphatic rings. The number of amides is 1. The van der Waals surface area contributed by atoms with E-state index in [1.165, 1.54) is 6.33 Å². The summed E-state index contributed by atoms with van der Waals surface area (Å²) in [5.41, 5.74) is 10.2. The molecule has 1 aromatic rings. The maximum Gasteiger partial charge on any atom is 0.269 e. The number of aromatic nitrogens is 2. The Morgan fingerprint density at radius 3 is 2.36 bits per heavy atom. The minimum atomic E-state index is -0.593. The zero-order chi connectivity index (χ0) is 8.85. The molecule has 5 N–H and O–H groups in total. The predicted molar refractivity (Wildman–Crippen MR) is 42.9 cm³/mol. The molecule has 11 heavy (non-hydrogen) atoms. The van der Waals surface area contributed by atoms with Crippen molar-refractivity contribution >= 4 is 11.7 Å². The molecule has 0 radical (unpaired) electrons. The highest BCUT2D eigenvalue weighted by atomic mass is 16.1. The van der Waals surface area contributed by atoms with Crippen molar-refractivity contribution in [3.8, 4) is 0 Å². The maximum absolute atomic E-state index is 10.4. The van der Waals surface area contributed by atoms with Gasteiger partial charge in [0.15, 0.2) is 5.82 Å². The minimum Gasteiger partial charge on any atom is -0.382 e. The van der Waals surface area contributed by atoms with Gasteiger partial charge in [0, 0.05) is 0 Å². The molecule has 0 aliphatic carbocycles. The molecule has 1 amide bonds. The molecule has 1 aromatic heterocycles. The molecule has 1 rings (SSSR count). The monoisotopic (exact) mass is 156 g/mol. The largest absolute Gasteiger partial charge is 0.382 e. The van der Waals surface area contributed by atoms with Crippen LogP contribution < -0.4 is 11.5 Å². The van der Waals surface area contributed by atoms with Gasteiger partial charge in [0.2, 0.25) is 0 Å². The fraction of sp³-hybridized carbons (Fsp3) is 0.333. The lowest BCUT2D eigenvalue weighted by Crippen LogP contribution is -2.13. The molecule has 5 heteroatoms. The van der Waals surface area contributed by atoms with Crippen LogP contribution in [0.2, 0.25) is 0 Å². The molecular formula is C6H12N4O. The first-order valence-electron chi connectivity index (χ1n) is 3.30. The second-order valence-corrected chi connectivity index (χ2v) is 1.53. The van der Waals surface area contributed by atoms with Gasteiger partial charge in [0.05, 0.1) is 6.33 Å². The highest BCUT2D eigenvalue weighted by Gasteiger charge is 2.05. The minimum absolute atomic E-state index is 0.141. The second-order valence-electron chi connectivity index (χ2n) is 1.53. The van der Waals surface area contributed by atoms with E-state index < -0.39 is 5.91 Å². The number of nitrogens with two attached hydrogens (primary N) is 2. The first-order chi connectivity index (χ1) is 5.22. The zero-order valence-corrected chi connectivity index (χ0v) is 6.59. The van der Waals surface area contributed by atoms with E-state index in [4.69, 9.17) is 11.5 Å². The van der Waals surface area contributed by atoms with Gasteiger partial charge in [-0.05, 0) is 0 Å². The third-order valence-electron chi connectivity index (χ3n) is 0.915. The average molecular weight is 156 g/mol. The quantitative estimate of drug-likeness (QED) is 0.538. The van der Waals surface area contributed by atoms with Crippen LogP contribution in [0.3, 0.4) is 0 Å². The van der Waals surface area contributed by atoms with Crippen LogP contribution in [-0.2, 0) is 0 Å². The van der Waals surface area contributed by atoms with Crippen molar-refractivity contribution in [2.75, 3.05) is 5.73 Å². The van der Waals surface area contributed by atoms with Crippen LogP contribution in [0, 0.1) is 0 Å². The number of primary amides is 1. The highest BCUT2D eigenvalue weighted by Crippen LogP contribution is 2.00. The van der Waals surface area contributed by atoms with E-state index in [1.54, 1.807) is 0 Å². The summed E-state index contributed by atoms with van der Waals surface area (Å²) in [7, 11) is 0. The summed E-state index contributed by atoms with van der Waals surface area (Å²) >= 11 is 0. The molecule has 0 aliphatic heterocycles. The Labute approximate surface area is 64.8 Å². The van der Waals surface area contributed by atoms with Crippen LogP contribution in [0.1, 0.15) is 24.3 Å². The summed E-state index contributed by atoms with van der Waals surface area (Å²) in [6.45, 7) is 4.00. The van der Waals surface area contributed by atoms with Crippen LogP contribution >= 0.6 is 0 Å². The summed E-state index contributed by atoms with van der Waals surface area (Å²) in [6, 6.07) is 0. The van der Waals surface area contributed by atoms with E-state index in [-0.39, 0.29) is 11.5 Å². The van der Waals surface area contributed by atoms with Gasteiger partial charge in [0.25, 0.3) is 5.91 Å². The first kappa shape index (κ1) is 9.48. The van der Waals surface area contributed by atoms with Crippen molar-refractivity contribution in [1.82, 2.24) is 9.97 Å². The number of anilines is 1. The SMILES string of the molecule is CC.NC(=O)c1[nH]cnc1N. The number of nitrogens with one attached hydrogen (secondary N) is 1. The first-order valence-corrected chi connectivity index (χ1v) is 3.30. The number of nitrogen functional groups attached to an aromatic ring is 1. The fourth-order valence-corrected chi connectivity index (χ4v) is 0.502. The van der Waals surface area contributed by atoms with E-state index in [2.05, 4.69) is 9.97 Å². The molecule has 0 unspecified atom stereocenters. The number of H-pyrrole nitrogens is 1. The summed E-state index contributed by atoms with van der Waals surface area (Å²) < 4.78 is 0. The van der Waals surface area contributed by atoms with E-state index in [1.807, 2.05) is 13.8 Å². The van der Waals surface area contributed by atoms with Crippen LogP contribution in [0.25, 0.3) is 0 Å². The van der Waals surface area contributed by atoms with Gasteiger partial charge in [-0.1, -0.05) is 13.8 Å². The van der Waals surface area contributed by atoms with E-state index in [0.717, 1.165) is 0 Å². The molecule has 0 saturated carbocycles. The van der Waals surface area contributed by atoms with E-state index in [0.29, 0.717) is 0 Å². The Hall–Kier alpha value is -1.52. The van der Waals surface area contributed by atoms with Crippen molar-refractivity contribution in [3.63, 3.8) is 0 Å². The highest BCUT2D eigenvalue weighted by molar-refractivity contribution is 5.94. The van der Waals surface area contributed by atoms with Gasteiger partial charge in [-0.3, -0.25) is 4.79 Å². The summed E-state index contributed by atoms with van der Waals surface area (Å²) in [6.07, 6.45) is 1.31. The third-order valence-corrected chi connectivity index (χ3v) is 0.915. The number of nitrogens with zero attached hydrogens (tertiary/aromatic N) is 1. The Balaban J connectivity index is 0.000000461. The number of carbonyl (C=O) groups is 1. The van der Waals surface area contributed by atoms with E-state index >= 15 is 0 Å². The molecule has 0 bridgehead atoms. The number of rotatable bonds is 1. The summed E-state index contributed by atoms with van der Waals surface area (Å²) in [4.78, 5) is 16.4. The predicted octanol–water partition coefficient (Wildman–Crippen LogP) is 0.117. The molecule has 0 fully saturated rings. The van der Waals surface area contributed by atoms with Gasteiger partial charge in [-0.25, -0.2) is 4.98 Å². The topological polar surface area (TPSA) is 97.8 Å². The third kappa shape index (κ3) is 2.29. The van der Waals surface area contributed by atoms with Crippen LogP contribution in [0.4, 0.5) is 5.82 Å².